The Balaban J connectivity index is 2.04. The van der Waals surface area contributed by atoms with Crippen molar-refractivity contribution in [2.75, 3.05) is 6.54 Å². The van der Waals surface area contributed by atoms with Crippen LogP contribution in [0.15, 0.2) is 30.3 Å². The fourth-order valence-corrected chi connectivity index (χ4v) is 2.45. The highest BCUT2D eigenvalue weighted by molar-refractivity contribution is 5.92. The molecule has 1 heterocycles. The molecular weight excluding hydrogens is 261 g/mol. The molecule has 0 saturated carbocycles. The summed E-state index contributed by atoms with van der Waals surface area (Å²) >= 11 is 0. The van der Waals surface area contributed by atoms with E-state index in [1.165, 1.54) is 29.2 Å². The summed E-state index contributed by atoms with van der Waals surface area (Å²) < 4.78 is 13.0. The van der Waals surface area contributed by atoms with Gasteiger partial charge in [0.25, 0.3) is 0 Å². The van der Waals surface area contributed by atoms with Crippen LogP contribution in [-0.2, 0) is 9.59 Å². The third kappa shape index (κ3) is 3.04. The SMILES string of the molecule is CC1C(C(=O)O)CCN1C(=O)C=Cc1cccc(F)c1. The lowest BCUT2D eigenvalue weighted by Crippen LogP contribution is -2.36. The minimum atomic E-state index is -0.873. The Morgan fingerprint density at radius 3 is 2.80 bits per heavy atom. The molecule has 0 bridgehead atoms. The van der Waals surface area contributed by atoms with E-state index in [2.05, 4.69) is 0 Å². The number of rotatable bonds is 3. The van der Waals surface area contributed by atoms with Crippen molar-refractivity contribution < 1.29 is 19.1 Å². The van der Waals surface area contributed by atoms with E-state index in [0.29, 0.717) is 18.5 Å². The van der Waals surface area contributed by atoms with E-state index >= 15 is 0 Å². The highest BCUT2D eigenvalue weighted by atomic mass is 19.1. The highest BCUT2D eigenvalue weighted by Gasteiger charge is 2.37. The molecule has 1 aromatic carbocycles. The Hall–Kier alpha value is -2.17. The third-order valence-corrected chi connectivity index (χ3v) is 3.62. The van der Waals surface area contributed by atoms with E-state index in [1.807, 2.05) is 0 Å². The zero-order chi connectivity index (χ0) is 14.7. The van der Waals surface area contributed by atoms with Gasteiger partial charge >= 0.3 is 5.97 Å². The average molecular weight is 277 g/mol. The largest absolute Gasteiger partial charge is 0.481 e. The monoisotopic (exact) mass is 277 g/mol. The number of benzene rings is 1. The number of carbonyl (C=O) groups excluding carboxylic acids is 1. The van der Waals surface area contributed by atoms with E-state index in [-0.39, 0.29) is 17.8 Å². The third-order valence-electron chi connectivity index (χ3n) is 3.62. The topological polar surface area (TPSA) is 57.6 Å². The van der Waals surface area contributed by atoms with Gasteiger partial charge in [0.15, 0.2) is 0 Å². The number of amides is 1. The Bertz CT molecular complexity index is 556. The lowest BCUT2D eigenvalue weighted by molar-refractivity contribution is -0.142. The Labute approximate surface area is 116 Å². The molecule has 2 atom stereocenters. The number of likely N-dealkylation sites (tertiary alicyclic amines) is 1. The summed E-state index contributed by atoms with van der Waals surface area (Å²) in [7, 11) is 0. The first kappa shape index (κ1) is 14.2. The second-order valence-electron chi connectivity index (χ2n) is 4.89. The number of carboxylic acids is 1. The molecule has 106 valence electrons. The molecule has 0 spiro atoms. The number of hydrogen-bond acceptors (Lipinski definition) is 2. The Kier molecular flexibility index (Phi) is 4.17. The summed E-state index contributed by atoms with van der Waals surface area (Å²) in [6.07, 6.45) is 3.36. The number of carbonyl (C=O) groups is 2. The van der Waals surface area contributed by atoms with Gasteiger partial charge in [0, 0.05) is 18.7 Å². The zero-order valence-corrected chi connectivity index (χ0v) is 11.1. The maximum absolute atomic E-state index is 13.0. The summed E-state index contributed by atoms with van der Waals surface area (Å²) in [6, 6.07) is 5.60. The second-order valence-corrected chi connectivity index (χ2v) is 4.89. The van der Waals surface area contributed by atoms with Crippen molar-refractivity contribution in [3.05, 3.63) is 41.7 Å². The molecule has 20 heavy (non-hydrogen) atoms. The minimum Gasteiger partial charge on any atom is -0.481 e. The van der Waals surface area contributed by atoms with E-state index in [0.717, 1.165) is 0 Å². The smallest absolute Gasteiger partial charge is 0.308 e. The fraction of sp³-hybridized carbons (Fsp3) is 0.333. The van der Waals surface area contributed by atoms with Gasteiger partial charge < -0.3 is 10.0 Å². The van der Waals surface area contributed by atoms with Crippen LogP contribution in [0.5, 0.6) is 0 Å². The molecule has 1 saturated heterocycles. The molecule has 1 aliphatic heterocycles. The molecule has 0 aromatic heterocycles. The van der Waals surface area contributed by atoms with Gasteiger partial charge in [-0.2, -0.15) is 0 Å². The first-order valence-corrected chi connectivity index (χ1v) is 6.46. The molecule has 2 rings (SSSR count). The predicted octanol–water partition coefficient (Wildman–Crippen LogP) is 2.16. The van der Waals surface area contributed by atoms with Crippen molar-refractivity contribution in [1.29, 1.82) is 0 Å². The summed E-state index contributed by atoms with van der Waals surface area (Å²) in [5.74, 6) is -1.99. The molecule has 1 fully saturated rings. The molecule has 0 aliphatic carbocycles. The zero-order valence-electron chi connectivity index (χ0n) is 11.1. The summed E-state index contributed by atoms with van der Waals surface area (Å²) in [5, 5.41) is 9.02. The van der Waals surface area contributed by atoms with E-state index < -0.39 is 11.9 Å². The predicted molar refractivity (Wildman–Crippen MR) is 72.4 cm³/mol. The molecule has 1 amide bonds. The van der Waals surface area contributed by atoms with Crippen LogP contribution in [-0.4, -0.2) is 34.5 Å². The van der Waals surface area contributed by atoms with Crippen molar-refractivity contribution in [3.63, 3.8) is 0 Å². The standard InChI is InChI=1S/C15H16FNO3/c1-10-13(15(19)20)7-8-17(10)14(18)6-5-11-3-2-4-12(16)9-11/h2-6,9-10,13H,7-8H2,1H3,(H,19,20). The van der Waals surface area contributed by atoms with Crippen LogP contribution in [0.2, 0.25) is 0 Å². The fourth-order valence-electron chi connectivity index (χ4n) is 2.45. The van der Waals surface area contributed by atoms with Gasteiger partial charge in [-0.3, -0.25) is 9.59 Å². The second kappa shape index (κ2) is 5.86. The summed E-state index contributed by atoms with van der Waals surface area (Å²) in [4.78, 5) is 24.6. The van der Waals surface area contributed by atoms with Gasteiger partial charge in [0.1, 0.15) is 5.82 Å². The summed E-state index contributed by atoms with van der Waals surface area (Å²) in [5.41, 5.74) is 0.597. The van der Waals surface area contributed by atoms with Gasteiger partial charge in [-0.05, 0) is 37.1 Å². The van der Waals surface area contributed by atoms with E-state index in [1.54, 1.807) is 19.1 Å². The Morgan fingerprint density at radius 1 is 1.45 bits per heavy atom. The molecule has 1 N–H and O–H groups in total. The average Bonchev–Trinajstić information content (AvgIpc) is 2.78. The van der Waals surface area contributed by atoms with Crippen molar-refractivity contribution >= 4 is 18.0 Å². The van der Waals surface area contributed by atoms with Gasteiger partial charge in [-0.1, -0.05) is 12.1 Å². The van der Waals surface area contributed by atoms with Crippen LogP contribution in [0.25, 0.3) is 6.08 Å². The molecule has 1 aromatic rings. The van der Waals surface area contributed by atoms with Gasteiger partial charge in [0.2, 0.25) is 5.91 Å². The van der Waals surface area contributed by atoms with Crippen LogP contribution >= 0.6 is 0 Å². The summed E-state index contributed by atoms with van der Waals surface area (Å²) in [6.45, 7) is 2.17. The van der Waals surface area contributed by atoms with Crippen LogP contribution < -0.4 is 0 Å². The van der Waals surface area contributed by atoms with E-state index in [9.17, 15) is 14.0 Å². The van der Waals surface area contributed by atoms with Gasteiger partial charge in [0.05, 0.1) is 5.92 Å². The molecule has 2 unspecified atom stereocenters. The molecular formula is C15H16FNO3. The van der Waals surface area contributed by atoms with Crippen LogP contribution in [0, 0.1) is 11.7 Å². The molecule has 0 radical (unpaired) electrons. The first-order chi connectivity index (χ1) is 9.49. The molecule has 4 nitrogen and oxygen atoms in total. The maximum atomic E-state index is 13.0. The molecule has 5 heteroatoms. The highest BCUT2D eigenvalue weighted by Crippen LogP contribution is 2.24. The van der Waals surface area contributed by atoms with Crippen LogP contribution in [0.3, 0.4) is 0 Å². The number of halogens is 1. The number of carboxylic acid groups (broad SMARTS) is 1. The lowest BCUT2D eigenvalue weighted by Gasteiger charge is -2.21. The van der Waals surface area contributed by atoms with Crippen molar-refractivity contribution in [2.24, 2.45) is 5.92 Å². The van der Waals surface area contributed by atoms with Crippen molar-refractivity contribution in [1.82, 2.24) is 4.90 Å². The van der Waals surface area contributed by atoms with Gasteiger partial charge in [-0.15, -0.1) is 0 Å². The van der Waals surface area contributed by atoms with Crippen LogP contribution in [0.1, 0.15) is 18.9 Å². The number of nitrogens with zero attached hydrogens (tertiary/aromatic N) is 1. The first-order valence-electron chi connectivity index (χ1n) is 6.46. The normalized spacial score (nSPS) is 22.4. The minimum absolute atomic E-state index is 0.245. The van der Waals surface area contributed by atoms with Gasteiger partial charge in [-0.25, -0.2) is 4.39 Å². The van der Waals surface area contributed by atoms with Crippen LogP contribution in [0.4, 0.5) is 4.39 Å². The maximum Gasteiger partial charge on any atom is 0.308 e. The lowest BCUT2D eigenvalue weighted by atomic mass is 10.0. The number of hydrogen-bond donors (Lipinski definition) is 1. The van der Waals surface area contributed by atoms with Crippen molar-refractivity contribution in [2.45, 2.75) is 19.4 Å². The quantitative estimate of drug-likeness (QED) is 0.861. The van der Waals surface area contributed by atoms with E-state index in [4.69, 9.17) is 5.11 Å². The molecule has 1 aliphatic rings. The number of aliphatic carboxylic acids is 1. The Morgan fingerprint density at radius 2 is 2.20 bits per heavy atom. The van der Waals surface area contributed by atoms with Crippen molar-refractivity contribution in [3.8, 4) is 0 Å².